The van der Waals surface area contributed by atoms with E-state index >= 15 is 0 Å². The van der Waals surface area contributed by atoms with Crippen molar-refractivity contribution >= 4 is 23.4 Å². The number of fused-ring (bicyclic) bond motifs is 1. The van der Waals surface area contributed by atoms with Gasteiger partial charge in [-0.2, -0.15) is 0 Å². The lowest BCUT2D eigenvalue weighted by molar-refractivity contribution is -0.139. The Balaban J connectivity index is 1.61. The lowest BCUT2D eigenvalue weighted by atomic mass is 10.2. The standard InChI is InChI=1S/C20H23NO3S/c1-2-23-20(22)14-25-15-21-18-11-7-6-10-17(18)12-19(21)24-13-16-8-4-3-5-9-16/h3-11,19H,2,12-15H2,1H3. The van der Waals surface area contributed by atoms with Crippen LogP contribution < -0.4 is 4.90 Å². The number of carbonyl (C=O) groups is 1. The van der Waals surface area contributed by atoms with Gasteiger partial charge in [0.15, 0.2) is 0 Å². The predicted octanol–water partition coefficient (Wildman–Crippen LogP) is 3.85. The van der Waals surface area contributed by atoms with Crippen LogP contribution in [0.4, 0.5) is 5.69 Å². The lowest BCUT2D eigenvalue weighted by Gasteiger charge is -2.27. The third-order valence-electron chi connectivity index (χ3n) is 4.08. The molecule has 2 aromatic carbocycles. The van der Waals surface area contributed by atoms with Crippen molar-refractivity contribution in [1.82, 2.24) is 0 Å². The summed E-state index contributed by atoms with van der Waals surface area (Å²) >= 11 is 1.56. The van der Waals surface area contributed by atoms with E-state index in [1.807, 2.05) is 31.2 Å². The number of carbonyl (C=O) groups excluding carboxylic acids is 1. The molecule has 25 heavy (non-hydrogen) atoms. The molecule has 4 nitrogen and oxygen atoms in total. The van der Waals surface area contributed by atoms with Crippen LogP contribution in [0.5, 0.6) is 0 Å². The highest BCUT2D eigenvalue weighted by Gasteiger charge is 2.29. The van der Waals surface area contributed by atoms with Crippen molar-refractivity contribution in [2.24, 2.45) is 0 Å². The molecule has 0 saturated carbocycles. The zero-order valence-corrected chi connectivity index (χ0v) is 15.2. The summed E-state index contributed by atoms with van der Waals surface area (Å²) in [7, 11) is 0. The number of ether oxygens (including phenoxy) is 2. The molecule has 1 atom stereocenters. The molecule has 0 radical (unpaired) electrons. The van der Waals surface area contributed by atoms with Gasteiger partial charge < -0.3 is 14.4 Å². The SMILES string of the molecule is CCOC(=O)CSCN1c2ccccc2CC1OCc1ccccc1. The van der Waals surface area contributed by atoms with E-state index in [0.29, 0.717) is 24.8 Å². The van der Waals surface area contributed by atoms with Crippen LogP contribution in [-0.2, 0) is 27.3 Å². The molecule has 1 unspecified atom stereocenters. The van der Waals surface area contributed by atoms with E-state index in [2.05, 4.69) is 35.2 Å². The molecule has 0 N–H and O–H groups in total. The second kappa shape index (κ2) is 8.92. The van der Waals surface area contributed by atoms with Crippen molar-refractivity contribution < 1.29 is 14.3 Å². The van der Waals surface area contributed by atoms with Gasteiger partial charge in [-0.05, 0) is 24.1 Å². The van der Waals surface area contributed by atoms with Crippen LogP contribution in [-0.4, -0.2) is 30.4 Å². The summed E-state index contributed by atoms with van der Waals surface area (Å²) in [5.74, 6) is 0.898. The summed E-state index contributed by atoms with van der Waals surface area (Å²) in [5.41, 5.74) is 3.65. The Bertz CT molecular complexity index is 692. The number of benzene rings is 2. The fourth-order valence-corrected chi connectivity index (χ4v) is 3.76. The molecule has 0 fully saturated rings. The van der Waals surface area contributed by atoms with Gasteiger partial charge in [0, 0.05) is 12.1 Å². The average Bonchev–Trinajstić information content (AvgIpc) is 2.99. The number of nitrogens with zero attached hydrogens (tertiary/aromatic N) is 1. The van der Waals surface area contributed by atoms with E-state index in [-0.39, 0.29) is 12.2 Å². The zero-order valence-electron chi connectivity index (χ0n) is 14.4. The molecule has 1 heterocycles. The molecule has 3 rings (SSSR count). The lowest BCUT2D eigenvalue weighted by Crippen LogP contribution is -2.34. The average molecular weight is 357 g/mol. The minimum Gasteiger partial charge on any atom is -0.465 e. The molecule has 132 valence electrons. The fraction of sp³-hybridized carbons (Fsp3) is 0.350. The topological polar surface area (TPSA) is 38.8 Å². The highest BCUT2D eigenvalue weighted by molar-refractivity contribution is 8.00. The summed E-state index contributed by atoms with van der Waals surface area (Å²) in [6.07, 6.45) is 0.857. The number of para-hydroxylation sites is 1. The van der Waals surface area contributed by atoms with Crippen molar-refractivity contribution in [2.45, 2.75) is 26.2 Å². The molecule has 1 aliphatic rings. The first-order valence-corrected chi connectivity index (χ1v) is 9.67. The Labute approximate surface area is 153 Å². The predicted molar refractivity (Wildman–Crippen MR) is 102 cm³/mol. The summed E-state index contributed by atoms with van der Waals surface area (Å²) in [5, 5.41) is 0. The van der Waals surface area contributed by atoms with Crippen molar-refractivity contribution in [3.63, 3.8) is 0 Å². The Kier molecular flexibility index (Phi) is 6.36. The molecule has 0 aliphatic carbocycles. The minimum atomic E-state index is -0.165. The third kappa shape index (κ3) is 4.77. The first-order valence-electron chi connectivity index (χ1n) is 8.51. The van der Waals surface area contributed by atoms with Crippen LogP contribution in [0.2, 0.25) is 0 Å². The Morgan fingerprint density at radius 2 is 1.92 bits per heavy atom. The third-order valence-corrected chi connectivity index (χ3v) is 4.98. The van der Waals surface area contributed by atoms with Gasteiger partial charge in [-0.1, -0.05) is 48.5 Å². The monoisotopic (exact) mass is 357 g/mol. The highest BCUT2D eigenvalue weighted by atomic mass is 32.2. The molecular formula is C20H23NO3S. The second-order valence-electron chi connectivity index (χ2n) is 5.84. The van der Waals surface area contributed by atoms with Gasteiger partial charge in [0.2, 0.25) is 0 Å². The fourth-order valence-electron chi connectivity index (χ4n) is 2.92. The second-order valence-corrected chi connectivity index (χ2v) is 6.79. The van der Waals surface area contributed by atoms with Gasteiger partial charge in [-0.25, -0.2) is 0 Å². The summed E-state index contributed by atoms with van der Waals surface area (Å²) in [6, 6.07) is 18.6. The van der Waals surface area contributed by atoms with Crippen LogP contribution in [0.3, 0.4) is 0 Å². The molecule has 0 bridgehead atoms. The number of thioether (sulfide) groups is 1. The van der Waals surface area contributed by atoms with E-state index in [0.717, 1.165) is 12.0 Å². The van der Waals surface area contributed by atoms with Crippen molar-refractivity contribution in [3.8, 4) is 0 Å². The smallest absolute Gasteiger partial charge is 0.315 e. The van der Waals surface area contributed by atoms with E-state index in [1.165, 1.54) is 11.3 Å². The van der Waals surface area contributed by atoms with E-state index in [4.69, 9.17) is 9.47 Å². The number of rotatable bonds is 8. The maximum Gasteiger partial charge on any atom is 0.315 e. The van der Waals surface area contributed by atoms with Gasteiger partial charge in [0.1, 0.15) is 6.23 Å². The molecular weight excluding hydrogens is 334 g/mol. The van der Waals surface area contributed by atoms with Crippen molar-refractivity contribution in [1.29, 1.82) is 0 Å². The molecule has 2 aromatic rings. The molecule has 5 heteroatoms. The summed E-state index contributed by atoms with van der Waals surface area (Å²) in [6.45, 7) is 2.83. The van der Waals surface area contributed by atoms with Crippen molar-refractivity contribution in [3.05, 3.63) is 65.7 Å². The van der Waals surface area contributed by atoms with Gasteiger partial charge >= 0.3 is 5.97 Å². The number of anilines is 1. The summed E-state index contributed by atoms with van der Waals surface area (Å²) < 4.78 is 11.2. The molecule has 0 aromatic heterocycles. The van der Waals surface area contributed by atoms with Gasteiger partial charge in [-0.3, -0.25) is 4.79 Å². The molecule has 0 spiro atoms. The number of hydrogen-bond donors (Lipinski definition) is 0. The van der Waals surface area contributed by atoms with Crippen LogP contribution in [0.25, 0.3) is 0 Å². The van der Waals surface area contributed by atoms with Crippen LogP contribution in [0.15, 0.2) is 54.6 Å². The number of hydrogen-bond acceptors (Lipinski definition) is 5. The Morgan fingerprint density at radius 1 is 1.16 bits per heavy atom. The normalized spacial score (nSPS) is 15.9. The van der Waals surface area contributed by atoms with E-state index in [9.17, 15) is 4.79 Å². The number of esters is 1. The molecule has 0 saturated heterocycles. The van der Waals surface area contributed by atoms with Crippen LogP contribution in [0, 0.1) is 0 Å². The molecule has 1 aliphatic heterocycles. The maximum atomic E-state index is 11.6. The first-order chi connectivity index (χ1) is 12.3. The van der Waals surface area contributed by atoms with Gasteiger partial charge in [0.25, 0.3) is 0 Å². The van der Waals surface area contributed by atoms with Crippen LogP contribution >= 0.6 is 11.8 Å². The van der Waals surface area contributed by atoms with Gasteiger partial charge in [0.05, 0.1) is 24.8 Å². The Hall–Kier alpha value is -1.98. The highest BCUT2D eigenvalue weighted by Crippen LogP contribution is 2.34. The van der Waals surface area contributed by atoms with E-state index in [1.54, 1.807) is 11.8 Å². The maximum absolute atomic E-state index is 11.6. The Morgan fingerprint density at radius 3 is 2.72 bits per heavy atom. The largest absolute Gasteiger partial charge is 0.465 e. The quantitative estimate of drug-likeness (QED) is 0.671. The van der Waals surface area contributed by atoms with Crippen LogP contribution in [0.1, 0.15) is 18.1 Å². The van der Waals surface area contributed by atoms with Crippen molar-refractivity contribution in [2.75, 3.05) is 23.1 Å². The first kappa shape index (κ1) is 17.8. The minimum absolute atomic E-state index is 0.00713. The zero-order chi connectivity index (χ0) is 17.5. The van der Waals surface area contributed by atoms with Gasteiger partial charge in [-0.15, -0.1) is 11.8 Å². The summed E-state index contributed by atoms with van der Waals surface area (Å²) in [4.78, 5) is 13.8. The molecule has 0 amide bonds. The van der Waals surface area contributed by atoms with E-state index < -0.39 is 0 Å².